The van der Waals surface area contributed by atoms with E-state index in [-0.39, 0.29) is 22.1 Å². The number of sulfonamides is 1. The van der Waals surface area contributed by atoms with Gasteiger partial charge in [-0.2, -0.15) is 4.31 Å². The summed E-state index contributed by atoms with van der Waals surface area (Å²) in [7, 11) is -2.12. The van der Waals surface area contributed by atoms with E-state index in [1.165, 1.54) is 16.4 Å². The second-order valence-electron chi connectivity index (χ2n) is 5.45. The molecule has 1 aromatic carbocycles. The van der Waals surface area contributed by atoms with Crippen molar-refractivity contribution in [3.63, 3.8) is 0 Å². The zero-order valence-electron chi connectivity index (χ0n) is 14.1. The largest absolute Gasteiger partial charge is 0.492 e. The molecule has 1 heterocycles. The third-order valence-corrected chi connectivity index (χ3v) is 5.70. The molecule has 1 aliphatic heterocycles. The van der Waals surface area contributed by atoms with Gasteiger partial charge in [0.05, 0.1) is 13.2 Å². The molecule has 1 amide bonds. The van der Waals surface area contributed by atoms with Gasteiger partial charge in [-0.1, -0.05) is 0 Å². The summed E-state index contributed by atoms with van der Waals surface area (Å²) in [5.74, 6) is -0.0641. The van der Waals surface area contributed by atoms with Gasteiger partial charge in [-0.25, -0.2) is 8.42 Å². The Kier molecular flexibility index (Phi) is 6.59. The van der Waals surface area contributed by atoms with Crippen molar-refractivity contribution in [3.05, 3.63) is 23.8 Å². The van der Waals surface area contributed by atoms with Crippen LogP contribution in [0.4, 0.5) is 0 Å². The Bertz CT molecular complexity index is 669. The first-order valence-electron chi connectivity index (χ1n) is 8.05. The standard InChI is InChI=1S/C16H24N2O5S/c1-3-23-14-7-6-13(16(19)17-8-11-22-2)12-15(14)24(20,21)18-9-4-5-10-18/h6-7,12H,3-5,8-11H2,1-2H3,(H,17,19). The molecule has 7 nitrogen and oxygen atoms in total. The van der Waals surface area contributed by atoms with Crippen LogP contribution >= 0.6 is 0 Å². The van der Waals surface area contributed by atoms with Gasteiger partial charge in [0.15, 0.2) is 0 Å². The monoisotopic (exact) mass is 356 g/mol. The van der Waals surface area contributed by atoms with Crippen LogP contribution < -0.4 is 10.1 Å². The van der Waals surface area contributed by atoms with E-state index >= 15 is 0 Å². The predicted octanol–water partition coefficient (Wildman–Crippen LogP) is 1.25. The van der Waals surface area contributed by atoms with Gasteiger partial charge < -0.3 is 14.8 Å². The summed E-state index contributed by atoms with van der Waals surface area (Å²) in [5.41, 5.74) is 0.285. The molecule has 2 rings (SSSR count). The molecule has 0 bridgehead atoms. The van der Waals surface area contributed by atoms with Crippen molar-refractivity contribution in [2.75, 3.05) is 40.0 Å². The molecule has 1 saturated heterocycles. The van der Waals surface area contributed by atoms with Gasteiger partial charge >= 0.3 is 0 Å². The van der Waals surface area contributed by atoms with Crippen LogP contribution in [0.3, 0.4) is 0 Å². The third-order valence-electron chi connectivity index (χ3n) is 3.78. The van der Waals surface area contributed by atoms with Gasteiger partial charge in [0, 0.05) is 32.3 Å². The average Bonchev–Trinajstić information content (AvgIpc) is 3.11. The minimum atomic E-state index is -3.67. The third kappa shape index (κ3) is 4.25. The number of methoxy groups -OCH3 is 1. The fourth-order valence-electron chi connectivity index (χ4n) is 2.56. The smallest absolute Gasteiger partial charge is 0.251 e. The Morgan fingerprint density at radius 3 is 2.62 bits per heavy atom. The predicted molar refractivity (Wildman–Crippen MR) is 89.8 cm³/mol. The van der Waals surface area contributed by atoms with Crippen LogP contribution in [-0.4, -0.2) is 58.6 Å². The fraction of sp³-hybridized carbons (Fsp3) is 0.562. The van der Waals surface area contributed by atoms with Crippen LogP contribution in [-0.2, 0) is 14.8 Å². The number of amides is 1. The molecule has 1 aliphatic rings. The lowest BCUT2D eigenvalue weighted by molar-refractivity contribution is 0.0937. The molecule has 0 aromatic heterocycles. The molecular formula is C16H24N2O5S. The minimum Gasteiger partial charge on any atom is -0.492 e. The van der Waals surface area contributed by atoms with E-state index in [0.29, 0.717) is 32.8 Å². The Hall–Kier alpha value is -1.64. The maximum atomic E-state index is 12.9. The highest BCUT2D eigenvalue weighted by Gasteiger charge is 2.30. The highest BCUT2D eigenvalue weighted by molar-refractivity contribution is 7.89. The number of hydrogen-bond donors (Lipinski definition) is 1. The first-order valence-corrected chi connectivity index (χ1v) is 9.49. The van der Waals surface area contributed by atoms with Crippen LogP contribution in [0.1, 0.15) is 30.1 Å². The molecule has 1 fully saturated rings. The van der Waals surface area contributed by atoms with E-state index in [9.17, 15) is 13.2 Å². The molecule has 0 saturated carbocycles. The van der Waals surface area contributed by atoms with E-state index in [4.69, 9.17) is 9.47 Å². The van der Waals surface area contributed by atoms with Crippen molar-refractivity contribution >= 4 is 15.9 Å². The minimum absolute atomic E-state index is 0.0469. The Morgan fingerprint density at radius 1 is 1.29 bits per heavy atom. The molecule has 0 spiro atoms. The van der Waals surface area contributed by atoms with Gasteiger partial charge in [0.1, 0.15) is 10.6 Å². The highest BCUT2D eigenvalue weighted by Crippen LogP contribution is 2.30. The molecule has 8 heteroatoms. The number of carbonyl (C=O) groups excluding carboxylic acids is 1. The van der Waals surface area contributed by atoms with Crippen LogP contribution in [0.15, 0.2) is 23.1 Å². The maximum Gasteiger partial charge on any atom is 0.251 e. The second kappa shape index (κ2) is 8.46. The van der Waals surface area contributed by atoms with Gasteiger partial charge in [-0.3, -0.25) is 4.79 Å². The SMILES string of the molecule is CCOc1ccc(C(=O)NCCOC)cc1S(=O)(=O)N1CCCC1. The topological polar surface area (TPSA) is 84.9 Å². The van der Waals surface area contributed by atoms with Gasteiger partial charge in [0.25, 0.3) is 5.91 Å². The van der Waals surface area contributed by atoms with Gasteiger partial charge in [-0.05, 0) is 38.0 Å². The summed E-state index contributed by atoms with van der Waals surface area (Å²) in [4.78, 5) is 12.2. The fourth-order valence-corrected chi connectivity index (χ4v) is 4.24. The Balaban J connectivity index is 2.32. The number of carbonyl (C=O) groups is 1. The van der Waals surface area contributed by atoms with E-state index in [0.717, 1.165) is 12.8 Å². The maximum absolute atomic E-state index is 12.9. The zero-order chi connectivity index (χ0) is 17.6. The van der Waals surface area contributed by atoms with Crippen molar-refractivity contribution in [2.45, 2.75) is 24.7 Å². The van der Waals surface area contributed by atoms with Crippen molar-refractivity contribution in [2.24, 2.45) is 0 Å². The van der Waals surface area contributed by atoms with Crippen molar-refractivity contribution < 1.29 is 22.7 Å². The van der Waals surface area contributed by atoms with Gasteiger partial charge in [-0.15, -0.1) is 0 Å². The molecule has 0 aliphatic carbocycles. The Labute approximate surface area is 143 Å². The van der Waals surface area contributed by atoms with Crippen LogP contribution in [0.25, 0.3) is 0 Å². The summed E-state index contributed by atoms with van der Waals surface area (Å²) in [5, 5.41) is 2.69. The molecule has 24 heavy (non-hydrogen) atoms. The van der Waals surface area contributed by atoms with Crippen LogP contribution in [0, 0.1) is 0 Å². The van der Waals surface area contributed by atoms with Crippen molar-refractivity contribution in [3.8, 4) is 5.75 Å². The first kappa shape index (κ1) is 18.7. The van der Waals surface area contributed by atoms with Crippen molar-refractivity contribution in [1.29, 1.82) is 0 Å². The lowest BCUT2D eigenvalue weighted by Gasteiger charge is -2.19. The van der Waals surface area contributed by atoms with E-state index in [1.807, 2.05) is 0 Å². The number of hydrogen-bond acceptors (Lipinski definition) is 5. The summed E-state index contributed by atoms with van der Waals surface area (Å²) < 4.78 is 37.5. The van der Waals surface area contributed by atoms with Crippen LogP contribution in [0.2, 0.25) is 0 Å². The van der Waals surface area contributed by atoms with E-state index in [1.54, 1.807) is 20.1 Å². The average molecular weight is 356 g/mol. The lowest BCUT2D eigenvalue weighted by atomic mass is 10.2. The summed E-state index contributed by atoms with van der Waals surface area (Å²) in [6.07, 6.45) is 1.70. The molecule has 0 atom stereocenters. The second-order valence-corrected chi connectivity index (χ2v) is 7.36. The number of rotatable bonds is 8. The van der Waals surface area contributed by atoms with Gasteiger partial charge in [0.2, 0.25) is 10.0 Å². The van der Waals surface area contributed by atoms with E-state index in [2.05, 4.69) is 5.32 Å². The molecule has 134 valence electrons. The molecular weight excluding hydrogens is 332 g/mol. The summed E-state index contributed by atoms with van der Waals surface area (Å²) in [6.45, 7) is 3.88. The number of ether oxygens (including phenoxy) is 2. The lowest BCUT2D eigenvalue weighted by Crippen LogP contribution is -2.30. The number of nitrogens with zero attached hydrogens (tertiary/aromatic N) is 1. The quantitative estimate of drug-likeness (QED) is 0.709. The van der Waals surface area contributed by atoms with Crippen LogP contribution in [0.5, 0.6) is 5.75 Å². The summed E-state index contributed by atoms with van der Waals surface area (Å²) >= 11 is 0. The first-order chi connectivity index (χ1) is 11.5. The zero-order valence-corrected chi connectivity index (χ0v) is 14.9. The molecule has 0 unspecified atom stereocenters. The molecule has 1 aromatic rings. The molecule has 1 N–H and O–H groups in total. The highest BCUT2D eigenvalue weighted by atomic mass is 32.2. The van der Waals surface area contributed by atoms with Crippen molar-refractivity contribution in [1.82, 2.24) is 9.62 Å². The number of benzene rings is 1. The normalized spacial score (nSPS) is 15.4. The Morgan fingerprint density at radius 2 is 2.00 bits per heavy atom. The summed E-state index contributed by atoms with van der Waals surface area (Å²) in [6, 6.07) is 4.49. The van der Waals surface area contributed by atoms with E-state index < -0.39 is 10.0 Å². The number of nitrogens with one attached hydrogen (secondary N) is 1. The molecule has 0 radical (unpaired) electrons.